The number of hydrogen-bond donors (Lipinski definition) is 1. The maximum atomic E-state index is 11.7. The number of rotatable bonds is 12. The third-order valence-corrected chi connectivity index (χ3v) is 16.9. The van der Waals surface area contributed by atoms with Crippen LogP contribution in [0.3, 0.4) is 0 Å². The number of carbonyl (C=O) groups is 2. The molecule has 15 nitrogen and oxygen atoms in total. The number of nitrogens with zero attached hydrogens (tertiary/aromatic N) is 8. The van der Waals surface area contributed by atoms with Crippen molar-refractivity contribution in [2.75, 3.05) is 14.1 Å². The molecular formula is C63H113N9O6S3. The summed E-state index contributed by atoms with van der Waals surface area (Å²) in [5, 5.41) is 10.7. The summed E-state index contributed by atoms with van der Waals surface area (Å²) in [4.78, 5) is 58.4. The average Bonchev–Trinajstić information content (AvgIpc) is 4.13. The van der Waals surface area contributed by atoms with Gasteiger partial charge in [0.25, 0.3) is 21.3 Å². The van der Waals surface area contributed by atoms with Gasteiger partial charge in [-0.15, -0.1) is 5.11 Å². The van der Waals surface area contributed by atoms with Crippen molar-refractivity contribution in [1.82, 2.24) is 22.9 Å². The fourth-order valence-electron chi connectivity index (χ4n) is 9.59. The highest BCUT2D eigenvalue weighted by atomic mass is 32.2. The number of hydrogen-bond acceptors (Lipinski definition) is 12. The topological polar surface area (TPSA) is 184 Å². The van der Waals surface area contributed by atoms with E-state index in [1.54, 1.807) is 0 Å². The largest absolute Gasteiger partial charge is 0.342 e. The molecule has 0 aliphatic carbocycles. The third-order valence-electron chi connectivity index (χ3n) is 13.0. The lowest BCUT2D eigenvalue weighted by atomic mass is 9.96. The molecule has 4 aliphatic heterocycles. The molecule has 0 fully saturated rings. The van der Waals surface area contributed by atoms with Crippen molar-refractivity contribution >= 4 is 55.8 Å². The number of azo groups is 1. The van der Waals surface area contributed by atoms with Gasteiger partial charge >= 0.3 is 10.0 Å². The van der Waals surface area contributed by atoms with Gasteiger partial charge in [0, 0.05) is 78.2 Å². The molecule has 1 N–H and O–H groups in total. The van der Waals surface area contributed by atoms with Crippen LogP contribution in [0, 0.1) is 47.3 Å². The minimum atomic E-state index is -3.77. The third kappa shape index (κ3) is 20.6. The van der Waals surface area contributed by atoms with Gasteiger partial charge in [-0.1, -0.05) is 213 Å². The zero-order valence-corrected chi connectivity index (χ0v) is 55.5. The predicted octanol–water partition coefficient (Wildman–Crippen LogP) is 16.8. The second-order valence-electron chi connectivity index (χ2n) is 23.9. The molecular weight excluding hydrogens is 1070 g/mol. The van der Waals surface area contributed by atoms with Gasteiger partial charge in [0.05, 0.1) is 22.1 Å². The van der Waals surface area contributed by atoms with Gasteiger partial charge in [-0.05, 0) is 82.5 Å². The Labute approximate surface area is 501 Å². The van der Waals surface area contributed by atoms with Crippen LogP contribution in [0.2, 0.25) is 0 Å². The number of H-pyrrole nitrogens is 1. The Kier molecular flexibility index (Phi) is 34.0. The number of carbonyl (C=O) groups excluding carboxylic acids is 2. The van der Waals surface area contributed by atoms with Crippen molar-refractivity contribution in [3.05, 3.63) is 99.6 Å². The molecule has 0 bridgehead atoms. The van der Waals surface area contributed by atoms with Crippen LogP contribution in [0.1, 0.15) is 235 Å². The van der Waals surface area contributed by atoms with Crippen LogP contribution in [-0.4, -0.2) is 67.9 Å². The molecule has 464 valence electrons. The molecule has 18 heteroatoms. The quantitative estimate of drug-likeness (QED) is 0.218. The number of aliphatic imine (C=N–C) groups is 2. The Morgan fingerprint density at radius 2 is 0.926 bits per heavy atom. The van der Waals surface area contributed by atoms with Crippen molar-refractivity contribution in [2.45, 2.75) is 212 Å². The van der Waals surface area contributed by atoms with Gasteiger partial charge in [0.1, 0.15) is 5.82 Å². The molecule has 0 radical (unpaired) electrons. The minimum absolute atomic E-state index is 0. The molecule has 0 saturated carbocycles. The summed E-state index contributed by atoms with van der Waals surface area (Å²) in [6, 6.07) is 0. The molecule has 81 heavy (non-hydrogen) atoms. The van der Waals surface area contributed by atoms with Crippen LogP contribution in [0.15, 0.2) is 87.0 Å². The fourth-order valence-corrected chi connectivity index (χ4v) is 13.3. The zero-order chi connectivity index (χ0) is 61.1. The van der Waals surface area contributed by atoms with E-state index < -0.39 is 15.1 Å². The van der Waals surface area contributed by atoms with E-state index in [-0.39, 0.29) is 62.2 Å². The van der Waals surface area contributed by atoms with Gasteiger partial charge in [-0.25, -0.2) is 9.98 Å². The first-order chi connectivity index (χ1) is 35.6. The van der Waals surface area contributed by atoms with E-state index in [1.807, 2.05) is 89.9 Å². The summed E-state index contributed by atoms with van der Waals surface area (Å²) in [5.74, 6) is 4.54. The van der Waals surface area contributed by atoms with Gasteiger partial charge < -0.3 is 8.86 Å². The molecule has 4 aliphatic rings. The van der Waals surface area contributed by atoms with Crippen LogP contribution in [0.25, 0.3) is 0 Å². The molecule has 0 spiro atoms. The first-order valence-electron chi connectivity index (χ1n) is 27.8. The molecule has 6 rings (SSSR count). The lowest BCUT2D eigenvalue weighted by Crippen LogP contribution is -2.26. The number of nitrogens with one attached hydrogen (secondary N) is 1. The van der Waals surface area contributed by atoms with Crippen LogP contribution in [0.5, 0.6) is 0 Å². The lowest BCUT2D eigenvalue weighted by molar-refractivity contribution is -0.114. The lowest BCUT2D eigenvalue weighted by Gasteiger charge is -2.20. The van der Waals surface area contributed by atoms with Crippen molar-refractivity contribution in [3.63, 3.8) is 0 Å². The van der Waals surface area contributed by atoms with E-state index >= 15 is 0 Å². The standard InChI is InChI=1S/C11H19NS.C10H18N2O.C10H16N2.C10H17NO3S.C10H17NOS.C9H14N2O.3CH4/c1-7(2)10-11(8(3)4)13-9(5)12(10)6;1-6(2)8-9(7(3)4)12(5)11-10(8)13;1-6(2)9-10(7(3)4)12-8(5)11-9;1-6(2)8-9(7(3)4)11(5)15(13,14)10(8)12;1-6(2)8-9(7(3)4)11(5)13-10(8)12;1-5(2)7-8(6(3)4)10-11-9(7)12;;;/h7-8H,5H2,1-4,6H3;6-7H,1-5H3,(H,11,13);6-7H,5H2,1-4H3;6-7H,1-5H3;6-7H,1-5H3;5-6H,1-4H3;3*1H4. The molecule has 0 saturated heterocycles. The van der Waals surface area contributed by atoms with E-state index in [4.69, 9.17) is 0 Å². The first kappa shape index (κ1) is 80.5. The van der Waals surface area contributed by atoms with Crippen LogP contribution < -0.4 is 10.3 Å². The first-order valence-corrected chi connectivity index (χ1v) is 30.8. The summed E-state index contributed by atoms with van der Waals surface area (Å²) in [6.07, 6.45) is 0. The molecule has 1 amide bonds. The van der Waals surface area contributed by atoms with Crippen molar-refractivity contribution < 1.29 is 18.0 Å². The Morgan fingerprint density at radius 1 is 0.494 bits per heavy atom. The summed E-state index contributed by atoms with van der Waals surface area (Å²) in [6.45, 7) is 57.5. The highest BCUT2D eigenvalue weighted by Crippen LogP contribution is 2.45. The van der Waals surface area contributed by atoms with E-state index in [9.17, 15) is 27.6 Å². The van der Waals surface area contributed by atoms with E-state index in [1.165, 1.54) is 34.9 Å². The second-order valence-corrected chi connectivity index (χ2v) is 28.0. The number of allylic oxidation sites excluding steroid dienone is 4. The van der Waals surface area contributed by atoms with Crippen molar-refractivity contribution in [2.24, 2.45) is 81.7 Å². The summed E-state index contributed by atoms with van der Waals surface area (Å²) >= 11 is 3.14. The zero-order valence-electron chi connectivity index (χ0n) is 53.1. The van der Waals surface area contributed by atoms with Crippen LogP contribution in [0.4, 0.5) is 0 Å². The number of sulfonamides is 1. The van der Waals surface area contributed by atoms with Gasteiger partial charge in [-0.3, -0.25) is 33.3 Å². The van der Waals surface area contributed by atoms with Crippen LogP contribution in [-0.2, 0) is 33.7 Å². The molecule has 2 aromatic rings. The highest BCUT2D eigenvalue weighted by Gasteiger charge is 2.43. The van der Waals surface area contributed by atoms with E-state index in [2.05, 4.69) is 161 Å². The Morgan fingerprint density at radius 3 is 1.21 bits per heavy atom. The minimum Gasteiger partial charge on any atom is -0.342 e. The molecule has 2 aromatic heterocycles. The van der Waals surface area contributed by atoms with Crippen molar-refractivity contribution in [3.8, 4) is 0 Å². The fraction of sp³-hybridized carbons (Fsp3) is 0.683. The van der Waals surface area contributed by atoms with E-state index in [0.717, 1.165) is 48.8 Å². The van der Waals surface area contributed by atoms with E-state index in [0.29, 0.717) is 64.4 Å². The maximum absolute atomic E-state index is 11.7. The second kappa shape index (κ2) is 34.2. The molecule has 6 heterocycles. The number of aromatic nitrogens is 3. The Hall–Kier alpha value is -4.68. The average molecular weight is 1190 g/mol. The summed E-state index contributed by atoms with van der Waals surface area (Å²) < 4.78 is 28.5. The van der Waals surface area contributed by atoms with Gasteiger partial charge in [0.15, 0.2) is 0 Å². The predicted molar refractivity (Wildman–Crippen MR) is 352 cm³/mol. The van der Waals surface area contributed by atoms with Crippen LogP contribution >= 0.6 is 23.3 Å². The molecule has 0 aromatic carbocycles. The maximum Gasteiger partial charge on any atom is 0.302 e. The Bertz CT molecular complexity index is 2780. The normalized spacial score (nSPS) is 15.7. The molecule has 0 unspecified atom stereocenters. The van der Waals surface area contributed by atoms with Gasteiger partial charge in [0.2, 0.25) is 0 Å². The summed E-state index contributed by atoms with van der Waals surface area (Å²) in [7, 11) is 3.64. The number of aromatic amines is 1. The number of amides is 1. The highest BCUT2D eigenvalue weighted by molar-refractivity contribution is 8.07. The monoisotopic (exact) mass is 1190 g/mol. The van der Waals surface area contributed by atoms with Crippen molar-refractivity contribution in [1.29, 1.82) is 0 Å². The summed E-state index contributed by atoms with van der Waals surface area (Å²) in [5.41, 5.74) is 10.7. The number of aryl methyl sites for hydroxylation is 2. The smallest absolute Gasteiger partial charge is 0.302 e. The SMILES string of the molecule is C.C.C.C=C1N=C(C(C)C)C(C(C)C)=N1.C=C1SC(C(C)C)=C(C(C)C)N1C.CC(C)C1=C(C(C)C)C(=O)N=N1.CC(C)C1=C(C(C)C)N(C)S(=O)(=O)C1=O.CC(C)c1c(C(C)C)n(C)[nH]c1=O.CC(C)c1c(C(C)C)n(C)sc1=O. The van der Waals surface area contributed by atoms with Gasteiger partial charge in [-0.2, -0.15) is 13.5 Å². The number of thioether (sulfide) groups is 1. The molecule has 0 atom stereocenters. The Balaban J connectivity index is -0.000000896.